The Balaban J connectivity index is 4.29. The van der Waals surface area contributed by atoms with Crippen LogP contribution >= 0.6 is 0 Å². The second-order valence-corrected chi connectivity index (χ2v) is 4.38. The Hall–Kier alpha value is -0.870. The van der Waals surface area contributed by atoms with Crippen LogP contribution in [0.2, 0.25) is 0 Å². The Morgan fingerprint density at radius 1 is 1.56 bits per heavy atom. The van der Waals surface area contributed by atoms with Crippen molar-refractivity contribution in [1.29, 1.82) is 0 Å². The summed E-state index contributed by atoms with van der Waals surface area (Å²) in [6.45, 7) is 7.19. The largest absolute Gasteiger partial charge is 0.468 e. The fraction of sp³-hybridized carbons (Fsp3) is 0.750. The molecule has 0 bridgehead atoms. The second-order valence-electron chi connectivity index (χ2n) is 4.38. The zero-order chi connectivity index (χ0) is 12.6. The number of esters is 1. The van der Waals surface area contributed by atoms with Crippen molar-refractivity contribution in [3.8, 4) is 0 Å². The Bertz CT molecular complexity index is 229. The van der Waals surface area contributed by atoms with E-state index < -0.39 is 5.54 Å². The molecule has 16 heavy (non-hydrogen) atoms. The molecule has 0 amide bonds. The van der Waals surface area contributed by atoms with Crippen LogP contribution < -0.4 is 5.32 Å². The van der Waals surface area contributed by atoms with Gasteiger partial charge < -0.3 is 15.0 Å². The number of carbonyl (C=O) groups is 1. The van der Waals surface area contributed by atoms with E-state index in [1.54, 1.807) is 0 Å². The van der Waals surface area contributed by atoms with Crippen LogP contribution in [-0.4, -0.2) is 50.7 Å². The van der Waals surface area contributed by atoms with Gasteiger partial charge in [0.25, 0.3) is 0 Å². The molecule has 94 valence electrons. The fourth-order valence-corrected chi connectivity index (χ4v) is 1.43. The Morgan fingerprint density at radius 2 is 2.19 bits per heavy atom. The van der Waals surface area contributed by atoms with Gasteiger partial charge in [-0.15, -0.1) is 6.58 Å². The lowest BCUT2D eigenvalue weighted by Crippen LogP contribution is -2.51. The van der Waals surface area contributed by atoms with E-state index in [-0.39, 0.29) is 5.97 Å². The lowest BCUT2D eigenvalue weighted by molar-refractivity contribution is -0.148. The topological polar surface area (TPSA) is 41.6 Å². The van der Waals surface area contributed by atoms with Crippen molar-refractivity contribution in [3.63, 3.8) is 0 Å². The van der Waals surface area contributed by atoms with Gasteiger partial charge in [0.15, 0.2) is 0 Å². The molecule has 1 N–H and O–H groups in total. The van der Waals surface area contributed by atoms with Gasteiger partial charge in [-0.05, 0) is 33.9 Å². The molecule has 1 unspecified atom stereocenters. The van der Waals surface area contributed by atoms with Crippen LogP contribution in [-0.2, 0) is 9.53 Å². The molecule has 0 aliphatic heterocycles. The Morgan fingerprint density at radius 3 is 2.62 bits per heavy atom. The lowest BCUT2D eigenvalue weighted by Gasteiger charge is -2.28. The molecular formula is C12H24N2O2. The minimum absolute atomic E-state index is 0.215. The van der Waals surface area contributed by atoms with Crippen LogP contribution in [0.15, 0.2) is 12.7 Å². The molecule has 0 rings (SSSR count). The summed E-state index contributed by atoms with van der Waals surface area (Å²) in [7, 11) is 5.42. The molecule has 4 heteroatoms. The molecular weight excluding hydrogens is 204 g/mol. The number of allylic oxidation sites excluding steroid dienone is 1. The molecule has 0 saturated heterocycles. The molecule has 0 aliphatic rings. The third-order valence-electron chi connectivity index (χ3n) is 2.56. The number of hydrogen-bond donors (Lipinski definition) is 1. The van der Waals surface area contributed by atoms with Crippen molar-refractivity contribution in [1.82, 2.24) is 10.2 Å². The maximum atomic E-state index is 11.7. The molecule has 0 radical (unpaired) electrons. The number of rotatable bonds is 8. The van der Waals surface area contributed by atoms with Crippen LogP contribution in [0.4, 0.5) is 0 Å². The maximum Gasteiger partial charge on any atom is 0.325 e. The Kier molecular flexibility index (Phi) is 7.01. The van der Waals surface area contributed by atoms with Gasteiger partial charge in [-0.25, -0.2) is 0 Å². The zero-order valence-electron chi connectivity index (χ0n) is 10.9. The number of carbonyl (C=O) groups excluding carboxylic acids is 1. The quantitative estimate of drug-likeness (QED) is 0.498. The fourth-order valence-electron chi connectivity index (χ4n) is 1.43. The van der Waals surface area contributed by atoms with Crippen molar-refractivity contribution in [2.45, 2.75) is 25.3 Å². The number of likely N-dealkylation sites (N-methyl/N-ethyl adjacent to an activating group) is 1. The first kappa shape index (κ1) is 15.1. The summed E-state index contributed by atoms with van der Waals surface area (Å²) < 4.78 is 4.82. The number of nitrogens with one attached hydrogen (secondary N) is 1. The monoisotopic (exact) mass is 228 g/mol. The zero-order valence-corrected chi connectivity index (χ0v) is 10.9. The summed E-state index contributed by atoms with van der Waals surface area (Å²) in [5.74, 6) is -0.215. The van der Waals surface area contributed by atoms with Gasteiger partial charge in [0.05, 0.1) is 7.11 Å². The molecule has 0 aliphatic carbocycles. The first-order valence-corrected chi connectivity index (χ1v) is 5.55. The van der Waals surface area contributed by atoms with E-state index in [9.17, 15) is 4.79 Å². The highest BCUT2D eigenvalue weighted by Crippen LogP contribution is 2.14. The molecule has 0 aromatic rings. The van der Waals surface area contributed by atoms with Crippen LogP contribution in [0.3, 0.4) is 0 Å². The third kappa shape index (κ3) is 5.28. The molecule has 1 atom stereocenters. The van der Waals surface area contributed by atoms with Gasteiger partial charge in [0.2, 0.25) is 0 Å². The van der Waals surface area contributed by atoms with E-state index in [1.807, 2.05) is 27.1 Å². The predicted molar refractivity (Wildman–Crippen MR) is 66.4 cm³/mol. The molecule has 0 spiro atoms. The summed E-state index contributed by atoms with van der Waals surface area (Å²) in [5.41, 5.74) is -0.612. The van der Waals surface area contributed by atoms with Crippen LogP contribution in [0.25, 0.3) is 0 Å². The standard InChI is InChI=1S/C12H24N2O2/c1-6-7-8-12(2,11(15)16-5)13-9-10-14(3)4/h6,13H,1,7-10H2,2-5H3. The molecule has 0 aromatic carbocycles. The highest BCUT2D eigenvalue weighted by atomic mass is 16.5. The van der Waals surface area contributed by atoms with Crippen molar-refractivity contribution in [2.75, 3.05) is 34.3 Å². The second kappa shape index (κ2) is 7.41. The van der Waals surface area contributed by atoms with Gasteiger partial charge >= 0.3 is 5.97 Å². The molecule has 0 heterocycles. The smallest absolute Gasteiger partial charge is 0.325 e. The molecule has 0 saturated carbocycles. The third-order valence-corrected chi connectivity index (χ3v) is 2.56. The maximum absolute atomic E-state index is 11.7. The first-order chi connectivity index (χ1) is 7.46. The average Bonchev–Trinajstić information content (AvgIpc) is 2.24. The van der Waals surface area contributed by atoms with E-state index in [0.29, 0.717) is 6.42 Å². The van der Waals surface area contributed by atoms with Crippen molar-refractivity contribution in [2.24, 2.45) is 0 Å². The molecule has 0 aromatic heterocycles. The van der Waals surface area contributed by atoms with Crippen LogP contribution in [0.1, 0.15) is 19.8 Å². The highest BCUT2D eigenvalue weighted by molar-refractivity contribution is 5.80. The first-order valence-electron chi connectivity index (χ1n) is 5.55. The summed E-state index contributed by atoms with van der Waals surface area (Å²) in [5, 5.41) is 3.25. The highest BCUT2D eigenvalue weighted by Gasteiger charge is 2.32. The van der Waals surface area contributed by atoms with Crippen molar-refractivity contribution >= 4 is 5.97 Å². The normalized spacial score (nSPS) is 14.6. The van der Waals surface area contributed by atoms with Gasteiger partial charge in [-0.3, -0.25) is 4.79 Å². The summed E-state index contributed by atoms with van der Waals surface area (Å²) in [4.78, 5) is 13.8. The Labute approximate surface area is 98.6 Å². The number of hydrogen-bond acceptors (Lipinski definition) is 4. The number of methoxy groups -OCH3 is 1. The van der Waals surface area contributed by atoms with E-state index in [2.05, 4.69) is 16.8 Å². The van der Waals surface area contributed by atoms with E-state index in [4.69, 9.17) is 4.74 Å². The minimum atomic E-state index is -0.612. The van der Waals surface area contributed by atoms with E-state index >= 15 is 0 Å². The van der Waals surface area contributed by atoms with Crippen molar-refractivity contribution in [3.05, 3.63) is 12.7 Å². The SMILES string of the molecule is C=CCCC(C)(NCCN(C)C)C(=O)OC. The van der Waals surface area contributed by atoms with Gasteiger partial charge in [-0.2, -0.15) is 0 Å². The summed E-state index contributed by atoms with van der Waals surface area (Å²) in [6.07, 6.45) is 3.31. The lowest BCUT2D eigenvalue weighted by atomic mass is 9.96. The number of nitrogens with zero attached hydrogens (tertiary/aromatic N) is 1. The molecule has 4 nitrogen and oxygen atoms in total. The predicted octanol–water partition coefficient (Wildman–Crippen LogP) is 1.04. The number of ether oxygens (including phenoxy) is 1. The average molecular weight is 228 g/mol. The van der Waals surface area contributed by atoms with Crippen LogP contribution in [0, 0.1) is 0 Å². The summed E-state index contributed by atoms with van der Waals surface area (Å²) in [6, 6.07) is 0. The van der Waals surface area contributed by atoms with Crippen LogP contribution in [0.5, 0.6) is 0 Å². The van der Waals surface area contributed by atoms with Crippen molar-refractivity contribution < 1.29 is 9.53 Å². The summed E-state index contributed by atoms with van der Waals surface area (Å²) >= 11 is 0. The van der Waals surface area contributed by atoms with Gasteiger partial charge in [0, 0.05) is 13.1 Å². The van der Waals surface area contributed by atoms with Gasteiger partial charge in [-0.1, -0.05) is 6.08 Å². The molecule has 0 fully saturated rings. The van der Waals surface area contributed by atoms with Gasteiger partial charge in [0.1, 0.15) is 5.54 Å². The van der Waals surface area contributed by atoms with E-state index in [1.165, 1.54) is 7.11 Å². The van der Waals surface area contributed by atoms with E-state index in [0.717, 1.165) is 19.5 Å². The minimum Gasteiger partial charge on any atom is -0.468 e.